The van der Waals surface area contributed by atoms with E-state index in [2.05, 4.69) is 10.2 Å². The van der Waals surface area contributed by atoms with E-state index >= 15 is 0 Å². The lowest BCUT2D eigenvalue weighted by atomic mass is 10.1. The number of esters is 1. The lowest BCUT2D eigenvalue weighted by Crippen LogP contribution is -2.15. The maximum atomic E-state index is 12.6. The topological polar surface area (TPSA) is 96.1 Å². The van der Waals surface area contributed by atoms with Crippen LogP contribution in [0.3, 0.4) is 0 Å². The number of rotatable bonds is 5. The summed E-state index contributed by atoms with van der Waals surface area (Å²) < 4.78 is 32.8. The molecule has 3 rings (SSSR count). The van der Waals surface area contributed by atoms with Gasteiger partial charge in [-0.1, -0.05) is 11.6 Å². The van der Waals surface area contributed by atoms with Gasteiger partial charge >= 0.3 is 5.97 Å². The number of aryl methyl sites for hydroxylation is 3. The second-order valence-corrected chi connectivity index (χ2v) is 8.89. The predicted octanol–water partition coefficient (Wildman–Crippen LogP) is 2.56. The molecule has 0 unspecified atom stereocenters. The van der Waals surface area contributed by atoms with Crippen molar-refractivity contribution in [2.75, 3.05) is 6.26 Å². The third kappa shape index (κ3) is 4.10. The number of benzene rings is 1. The van der Waals surface area contributed by atoms with Gasteiger partial charge in [-0.3, -0.25) is 4.68 Å². The van der Waals surface area contributed by atoms with Crippen molar-refractivity contribution in [2.24, 2.45) is 7.05 Å². The fourth-order valence-electron chi connectivity index (χ4n) is 2.80. The standard InChI is InChI=1S/C18H19ClN4O4S/c1-11-8-20-23(9-11)10-14-15(28(4,25)26)6-5-13(17(14)19)18(24)27-16-7-12(2)21-22(16)3/h5-9H,10H2,1-4H3. The fourth-order valence-corrected chi connectivity index (χ4v) is 4.09. The summed E-state index contributed by atoms with van der Waals surface area (Å²) in [6.07, 6.45) is 4.50. The van der Waals surface area contributed by atoms with E-state index in [1.54, 1.807) is 37.1 Å². The number of carbonyl (C=O) groups is 1. The molecule has 0 N–H and O–H groups in total. The monoisotopic (exact) mass is 422 g/mol. The largest absolute Gasteiger partial charge is 0.404 e. The SMILES string of the molecule is Cc1cnn(Cc2c(S(C)(=O)=O)ccc(C(=O)Oc3cc(C)nn3C)c2Cl)c1. The van der Waals surface area contributed by atoms with Gasteiger partial charge in [0.25, 0.3) is 0 Å². The first-order chi connectivity index (χ1) is 13.1. The first-order valence-corrected chi connectivity index (χ1v) is 10.6. The van der Waals surface area contributed by atoms with Crippen LogP contribution in [-0.2, 0) is 23.4 Å². The third-order valence-electron chi connectivity index (χ3n) is 4.06. The average Bonchev–Trinajstić information content (AvgIpc) is 3.13. The zero-order chi connectivity index (χ0) is 20.6. The highest BCUT2D eigenvalue weighted by molar-refractivity contribution is 7.90. The van der Waals surface area contributed by atoms with Crippen LogP contribution < -0.4 is 4.74 Å². The van der Waals surface area contributed by atoms with E-state index in [-0.39, 0.29) is 33.5 Å². The molecule has 0 fully saturated rings. The quantitative estimate of drug-likeness (QED) is 0.586. The van der Waals surface area contributed by atoms with E-state index in [0.717, 1.165) is 11.8 Å². The number of halogens is 1. The van der Waals surface area contributed by atoms with E-state index in [1.807, 2.05) is 6.92 Å². The lowest BCUT2D eigenvalue weighted by molar-refractivity contribution is 0.0720. The van der Waals surface area contributed by atoms with Gasteiger partial charge in [-0.15, -0.1) is 0 Å². The van der Waals surface area contributed by atoms with Crippen molar-refractivity contribution in [3.05, 3.63) is 58.0 Å². The molecule has 0 atom stereocenters. The van der Waals surface area contributed by atoms with E-state index in [4.69, 9.17) is 16.3 Å². The van der Waals surface area contributed by atoms with Gasteiger partial charge in [0.1, 0.15) is 0 Å². The van der Waals surface area contributed by atoms with Crippen LogP contribution >= 0.6 is 11.6 Å². The van der Waals surface area contributed by atoms with Crippen molar-refractivity contribution in [3.8, 4) is 5.88 Å². The van der Waals surface area contributed by atoms with E-state index in [0.29, 0.717) is 5.69 Å². The van der Waals surface area contributed by atoms with Crippen LogP contribution in [0.5, 0.6) is 5.88 Å². The number of hydrogen-bond acceptors (Lipinski definition) is 6. The molecule has 0 amide bonds. The number of carbonyl (C=O) groups excluding carboxylic acids is 1. The summed E-state index contributed by atoms with van der Waals surface area (Å²) in [6.45, 7) is 3.74. The average molecular weight is 423 g/mol. The highest BCUT2D eigenvalue weighted by Gasteiger charge is 2.24. The van der Waals surface area contributed by atoms with Crippen LogP contribution in [0.15, 0.2) is 35.5 Å². The normalized spacial score (nSPS) is 11.6. The highest BCUT2D eigenvalue weighted by Crippen LogP contribution is 2.30. The highest BCUT2D eigenvalue weighted by atomic mass is 35.5. The van der Waals surface area contributed by atoms with Crippen molar-refractivity contribution in [1.82, 2.24) is 19.6 Å². The molecule has 3 aromatic rings. The Bertz CT molecular complexity index is 1160. The zero-order valence-corrected chi connectivity index (χ0v) is 17.4. The second-order valence-electron chi connectivity index (χ2n) is 6.53. The van der Waals surface area contributed by atoms with Crippen LogP contribution in [0, 0.1) is 13.8 Å². The first-order valence-electron chi connectivity index (χ1n) is 8.29. The van der Waals surface area contributed by atoms with Crippen LogP contribution in [0.1, 0.15) is 27.2 Å². The van der Waals surface area contributed by atoms with E-state index in [1.165, 1.54) is 16.8 Å². The second kappa shape index (κ2) is 7.40. The molecular formula is C18H19ClN4O4S. The number of ether oxygens (including phenoxy) is 1. The molecule has 10 heteroatoms. The molecule has 0 spiro atoms. The number of aromatic nitrogens is 4. The minimum atomic E-state index is -3.57. The molecule has 2 aromatic heterocycles. The Morgan fingerprint density at radius 2 is 2.00 bits per heavy atom. The van der Waals surface area contributed by atoms with Gasteiger partial charge in [0, 0.05) is 31.1 Å². The van der Waals surface area contributed by atoms with Crippen molar-refractivity contribution in [1.29, 1.82) is 0 Å². The summed E-state index contributed by atoms with van der Waals surface area (Å²) >= 11 is 6.45. The van der Waals surface area contributed by atoms with Crippen molar-refractivity contribution >= 4 is 27.4 Å². The molecule has 0 bridgehead atoms. The smallest absolute Gasteiger partial charge is 0.346 e. The van der Waals surface area contributed by atoms with Crippen LogP contribution in [0.2, 0.25) is 5.02 Å². The molecule has 1 aromatic carbocycles. The summed E-state index contributed by atoms with van der Waals surface area (Å²) in [7, 11) is -1.92. The summed E-state index contributed by atoms with van der Waals surface area (Å²) in [5.74, 6) is -0.444. The van der Waals surface area contributed by atoms with E-state index < -0.39 is 15.8 Å². The molecule has 0 saturated carbocycles. The lowest BCUT2D eigenvalue weighted by Gasteiger charge is -2.14. The molecule has 28 heavy (non-hydrogen) atoms. The molecule has 8 nitrogen and oxygen atoms in total. The van der Waals surface area contributed by atoms with Gasteiger partial charge in [0.15, 0.2) is 9.84 Å². The van der Waals surface area contributed by atoms with Crippen LogP contribution in [0.25, 0.3) is 0 Å². The first kappa shape index (κ1) is 20.1. The molecule has 0 saturated heterocycles. The summed E-state index contributed by atoms with van der Waals surface area (Å²) in [5, 5.41) is 8.30. The van der Waals surface area contributed by atoms with Crippen molar-refractivity contribution < 1.29 is 17.9 Å². The van der Waals surface area contributed by atoms with Crippen molar-refractivity contribution in [2.45, 2.75) is 25.3 Å². The third-order valence-corrected chi connectivity index (χ3v) is 5.67. The summed E-state index contributed by atoms with van der Waals surface area (Å²) in [5.41, 5.74) is 1.95. The van der Waals surface area contributed by atoms with Gasteiger partial charge in [-0.25, -0.2) is 17.9 Å². The minimum Gasteiger partial charge on any atom is -0.404 e. The minimum absolute atomic E-state index is 0.0139. The Balaban J connectivity index is 2.04. The number of nitrogens with zero attached hydrogens (tertiary/aromatic N) is 4. The number of sulfone groups is 1. The molecule has 0 aliphatic rings. The van der Waals surface area contributed by atoms with Crippen LogP contribution in [-0.4, -0.2) is 40.2 Å². The maximum absolute atomic E-state index is 12.6. The summed E-state index contributed by atoms with van der Waals surface area (Å²) in [6, 6.07) is 4.32. The Morgan fingerprint density at radius 3 is 2.54 bits per heavy atom. The van der Waals surface area contributed by atoms with E-state index in [9.17, 15) is 13.2 Å². The van der Waals surface area contributed by atoms with Gasteiger partial charge in [0.2, 0.25) is 5.88 Å². The van der Waals surface area contributed by atoms with Crippen molar-refractivity contribution in [3.63, 3.8) is 0 Å². The Kier molecular flexibility index (Phi) is 5.31. The molecule has 2 heterocycles. The number of hydrogen-bond donors (Lipinski definition) is 0. The Morgan fingerprint density at radius 1 is 1.29 bits per heavy atom. The van der Waals surface area contributed by atoms with Gasteiger partial charge in [-0.05, 0) is 31.5 Å². The Labute approximate surface area is 167 Å². The molecular weight excluding hydrogens is 404 g/mol. The maximum Gasteiger partial charge on any atom is 0.346 e. The summed E-state index contributed by atoms with van der Waals surface area (Å²) in [4.78, 5) is 12.7. The zero-order valence-electron chi connectivity index (χ0n) is 15.8. The predicted molar refractivity (Wildman–Crippen MR) is 104 cm³/mol. The molecule has 148 valence electrons. The van der Waals surface area contributed by atoms with Gasteiger partial charge in [0.05, 0.1) is 33.9 Å². The molecule has 0 aliphatic carbocycles. The Hall–Kier alpha value is -2.65. The molecule has 0 aliphatic heterocycles. The van der Waals surface area contributed by atoms with Crippen LogP contribution in [0.4, 0.5) is 0 Å². The van der Waals surface area contributed by atoms with Gasteiger partial charge < -0.3 is 4.74 Å². The molecule has 0 radical (unpaired) electrons. The fraction of sp³-hybridized carbons (Fsp3) is 0.278. The van der Waals surface area contributed by atoms with Gasteiger partial charge in [-0.2, -0.15) is 10.2 Å².